The fourth-order valence-corrected chi connectivity index (χ4v) is 2.15. The molecule has 0 unspecified atom stereocenters. The van der Waals surface area contributed by atoms with Gasteiger partial charge in [0.2, 0.25) is 0 Å². The second kappa shape index (κ2) is 4.61. The maximum absolute atomic E-state index is 4.33. The molecule has 0 aliphatic rings. The maximum Gasteiger partial charge on any atom is 0.142 e. The molecule has 3 nitrogen and oxygen atoms in total. The van der Waals surface area contributed by atoms with E-state index < -0.39 is 0 Å². The van der Waals surface area contributed by atoms with E-state index in [1.54, 1.807) is 0 Å². The molecule has 0 saturated carbocycles. The second-order valence-electron chi connectivity index (χ2n) is 2.85. The number of imidazole rings is 1. The van der Waals surface area contributed by atoms with Gasteiger partial charge >= 0.3 is 0 Å². The molecule has 2 rings (SSSR count). The lowest BCUT2D eigenvalue weighted by Crippen LogP contribution is -2.00. The maximum atomic E-state index is 4.33. The van der Waals surface area contributed by atoms with Gasteiger partial charge in [-0.1, -0.05) is 0 Å². The van der Waals surface area contributed by atoms with Gasteiger partial charge in [-0.3, -0.25) is 0 Å². The minimum Gasteiger partial charge on any atom is -0.330 e. The monoisotopic (exact) mass is 225 g/mol. The molecule has 0 saturated heterocycles. The fraction of sp³-hybridized carbons (Fsp3) is 0.333. The van der Waals surface area contributed by atoms with E-state index in [4.69, 9.17) is 0 Å². The molecule has 0 amide bonds. The molecular formula is C9H11N3S2. The first-order valence-corrected chi connectivity index (χ1v) is 6.54. The van der Waals surface area contributed by atoms with Crippen LogP contribution in [0.1, 0.15) is 0 Å². The van der Waals surface area contributed by atoms with Crippen molar-refractivity contribution >= 4 is 23.3 Å². The molecule has 0 radical (unpaired) electrons. The van der Waals surface area contributed by atoms with Gasteiger partial charge in [-0.25, -0.2) is 9.36 Å². The Morgan fingerprint density at radius 3 is 3.21 bits per heavy atom. The van der Waals surface area contributed by atoms with E-state index >= 15 is 0 Å². The summed E-state index contributed by atoms with van der Waals surface area (Å²) in [7, 11) is 0. The number of rotatable bonds is 4. The lowest BCUT2D eigenvalue weighted by Gasteiger charge is -2.04. The van der Waals surface area contributed by atoms with Crippen LogP contribution >= 0.6 is 23.3 Å². The van der Waals surface area contributed by atoms with Crippen LogP contribution in [0.25, 0.3) is 11.4 Å². The summed E-state index contributed by atoms with van der Waals surface area (Å²) < 4.78 is 6.25. The molecule has 14 heavy (non-hydrogen) atoms. The molecule has 0 N–H and O–H groups in total. The zero-order valence-corrected chi connectivity index (χ0v) is 9.51. The number of aryl methyl sites for hydroxylation is 1. The standard InChI is InChI=1S/C9H11N3S2/c1-13-5-4-12-3-2-10-9(12)8-6-11-14-7-8/h2-3,6-7H,4-5H2,1H3. The van der Waals surface area contributed by atoms with Crippen LogP contribution in [0.4, 0.5) is 0 Å². The Morgan fingerprint density at radius 1 is 1.57 bits per heavy atom. The average Bonchev–Trinajstić information content (AvgIpc) is 2.84. The van der Waals surface area contributed by atoms with Crippen molar-refractivity contribution in [2.45, 2.75) is 6.54 Å². The van der Waals surface area contributed by atoms with Gasteiger partial charge in [0.05, 0.1) is 6.20 Å². The molecule has 2 aromatic heterocycles. The van der Waals surface area contributed by atoms with E-state index in [2.05, 4.69) is 20.2 Å². The van der Waals surface area contributed by atoms with E-state index in [0.29, 0.717) is 0 Å². The molecular weight excluding hydrogens is 214 g/mol. The summed E-state index contributed by atoms with van der Waals surface area (Å²) in [4.78, 5) is 4.33. The van der Waals surface area contributed by atoms with Gasteiger partial charge in [0.1, 0.15) is 5.82 Å². The number of aromatic nitrogens is 3. The highest BCUT2D eigenvalue weighted by Gasteiger charge is 2.05. The third kappa shape index (κ3) is 1.99. The van der Waals surface area contributed by atoms with Gasteiger partial charge in [0.25, 0.3) is 0 Å². The van der Waals surface area contributed by atoms with Gasteiger partial charge in [0.15, 0.2) is 0 Å². The topological polar surface area (TPSA) is 30.7 Å². The lowest BCUT2D eigenvalue weighted by atomic mass is 10.3. The van der Waals surface area contributed by atoms with Crippen molar-refractivity contribution in [1.29, 1.82) is 0 Å². The summed E-state index contributed by atoms with van der Waals surface area (Å²) in [5, 5.41) is 2.03. The summed E-state index contributed by atoms with van der Waals surface area (Å²) in [5.74, 6) is 2.13. The molecule has 0 spiro atoms. The summed E-state index contributed by atoms with van der Waals surface area (Å²) in [6.45, 7) is 1.01. The quantitative estimate of drug-likeness (QED) is 0.800. The number of thioether (sulfide) groups is 1. The minimum atomic E-state index is 1.01. The van der Waals surface area contributed by atoms with E-state index in [-0.39, 0.29) is 0 Å². The van der Waals surface area contributed by atoms with Crippen molar-refractivity contribution in [2.75, 3.05) is 12.0 Å². The third-order valence-electron chi connectivity index (χ3n) is 1.94. The minimum absolute atomic E-state index is 1.01. The Labute approximate surface area is 91.3 Å². The number of hydrogen-bond acceptors (Lipinski definition) is 4. The van der Waals surface area contributed by atoms with Crippen molar-refractivity contribution in [3.63, 3.8) is 0 Å². The summed E-state index contributed by atoms with van der Waals surface area (Å²) in [6.07, 6.45) is 7.84. The lowest BCUT2D eigenvalue weighted by molar-refractivity contribution is 0.780. The highest BCUT2D eigenvalue weighted by Crippen LogP contribution is 2.18. The summed E-state index contributed by atoms with van der Waals surface area (Å²) in [5.41, 5.74) is 1.11. The Bertz CT molecular complexity index is 380. The van der Waals surface area contributed by atoms with Gasteiger partial charge in [-0.15, -0.1) is 0 Å². The molecule has 0 aliphatic heterocycles. The first-order valence-electron chi connectivity index (χ1n) is 4.31. The van der Waals surface area contributed by atoms with Crippen molar-refractivity contribution in [3.05, 3.63) is 24.0 Å². The number of hydrogen-bond donors (Lipinski definition) is 0. The molecule has 5 heteroatoms. The summed E-state index contributed by atoms with van der Waals surface area (Å²) >= 11 is 3.31. The molecule has 74 valence electrons. The zero-order chi connectivity index (χ0) is 9.80. The van der Waals surface area contributed by atoms with E-state index in [1.165, 1.54) is 11.5 Å². The first kappa shape index (κ1) is 9.73. The van der Waals surface area contributed by atoms with Crippen LogP contribution in [-0.4, -0.2) is 25.9 Å². The van der Waals surface area contributed by atoms with Crippen molar-refractivity contribution < 1.29 is 0 Å². The van der Waals surface area contributed by atoms with Crippen molar-refractivity contribution in [3.8, 4) is 11.4 Å². The number of nitrogens with zero attached hydrogens (tertiary/aromatic N) is 3. The molecule has 2 aromatic rings. The molecule has 0 fully saturated rings. The van der Waals surface area contributed by atoms with E-state index in [9.17, 15) is 0 Å². The first-order chi connectivity index (χ1) is 6.92. The smallest absolute Gasteiger partial charge is 0.142 e. The molecule has 0 bridgehead atoms. The zero-order valence-electron chi connectivity index (χ0n) is 7.88. The van der Waals surface area contributed by atoms with Crippen LogP contribution in [0.15, 0.2) is 24.0 Å². The Morgan fingerprint density at radius 2 is 2.50 bits per heavy atom. The Hall–Kier alpha value is -0.810. The normalized spacial score (nSPS) is 10.6. The van der Waals surface area contributed by atoms with Crippen LogP contribution in [-0.2, 0) is 6.54 Å². The van der Waals surface area contributed by atoms with Crippen LogP contribution < -0.4 is 0 Å². The Kier molecular flexibility index (Phi) is 3.21. The largest absolute Gasteiger partial charge is 0.330 e. The fourth-order valence-electron chi connectivity index (χ4n) is 1.25. The van der Waals surface area contributed by atoms with Gasteiger partial charge in [0, 0.05) is 35.6 Å². The SMILES string of the molecule is CSCCn1ccnc1-c1cnsc1. The van der Waals surface area contributed by atoms with Crippen LogP contribution in [0.3, 0.4) is 0 Å². The third-order valence-corrected chi connectivity index (χ3v) is 3.12. The predicted molar refractivity (Wildman–Crippen MR) is 61.7 cm³/mol. The van der Waals surface area contributed by atoms with Gasteiger partial charge in [-0.2, -0.15) is 11.8 Å². The summed E-state index contributed by atoms with van der Waals surface area (Å²) in [6, 6.07) is 0. The second-order valence-corrected chi connectivity index (χ2v) is 4.49. The predicted octanol–water partition coefficient (Wildman–Crippen LogP) is 2.37. The van der Waals surface area contributed by atoms with E-state index in [0.717, 1.165) is 23.7 Å². The molecule has 0 aliphatic carbocycles. The molecule has 0 atom stereocenters. The van der Waals surface area contributed by atoms with Crippen LogP contribution in [0.5, 0.6) is 0 Å². The Balaban J connectivity index is 2.22. The molecule has 2 heterocycles. The highest BCUT2D eigenvalue weighted by atomic mass is 32.2. The highest BCUT2D eigenvalue weighted by molar-refractivity contribution is 7.98. The molecule has 0 aromatic carbocycles. The van der Waals surface area contributed by atoms with Crippen molar-refractivity contribution in [1.82, 2.24) is 13.9 Å². The van der Waals surface area contributed by atoms with Crippen LogP contribution in [0, 0.1) is 0 Å². The van der Waals surface area contributed by atoms with Gasteiger partial charge in [-0.05, 0) is 17.8 Å². The van der Waals surface area contributed by atoms with Crippen molar-refractivity contribution in [2.24, 2.45) is 0 Å². The average molecular weight is 225 g/mol. The van der Waals surface area contributed by atoms with E-state index in [1.807, 2.05) is 35.7 Å². The van der Waals surface area contributed by atoms with Crippen LogP contribution in [0.2, 0.25) is 0 Å². The van der Waals surface area contributed by atoms with Gasteiger partial charge < -0.3 is 4.57 Å².